The van der Waals surface area contributed by atoms with Gasteiger partial charge in [-0.15, -0.1) is 0 Å². The van der Waals surface area contributed by atoms with Crippen LogP contribution in [0.1, 0.15) is 43.0 Å². The van der Waals surface area contributed by atoms with Crippen LogP contribution in [0.25, 0.3) is 0 Å². The minimum atomic E-state index is -0.647. The molecule has 0 bridgehead atoms. The fraction of sp³-hybridized carbons (Fsp3) is 0.273. The fourth-order valence-corrected chi connectivity index (χ4v) is 4.88. The Morgan fingerprint density at radius 2 is 1.17 bits per heavy atom. The largest absolute Gasteiger partial charge is 0.473 e. The van der Waals surface area contributed by atoms with Crippen molar-refractivity contribution in [3.63, 3.8) is 0 Å². The molecule has 0 N–H and O–H groups in total. The molecule has 8 heteroatoms. The Morgan fingerprint density at radius 3 is 1.80 bits per heavy atom. The molecule has 214 valence electrons. The molecule has 2 aliphatic heterocycles. The number of hydrogen-bond acceptors (Lipinski definition) is 4. The van der Waals surface area contributed by atoms with Gasteiger partial charge in [-0.1, -0.05) is 26.8 Å². The normalized spacial score (nSPS) is 14.2. The highest BCUT2D eigenvalue weighted by molar-refractivity contribution is 5.53. The summed E-state index contributed by atoms with van der Waals surface area (Å²) in [5.74, 6) is -0.431. The summed E-state index contributed by atoms with van der Waals surface area (Å²) < 4.78 is 65.4. The number of aryl methyl sites for hydroxylation is 1. The predicted molar refractivity (Wildman–Crippen MR) is 152 cm³/mol. The maximum Gasteiger partial charge on any atom is 0.161 e. The number of nitrogens with zero attached hydrogens (tertiary/aromatic N) is 2. The van der Waals surface area contributed by atoms with E-state index in [0.29, 0.717) is 23.6 Å². The summed E-state index contributed by atoms with van der Waals surface area (Å²) in [7, 11) is 0. The number of hydrogen-bond donors (Lipinski definition) is 0. The summed E-state index contributed by atoms with van der Waals surface area (Å²) in [4.78, 5) is 3.51. The fourth-order valence-electron chi connectivity index (χ4n) is 4.88. The lowest BCUT2D eigenvalue weighted by Gasteiger charge is -2.32. The van der Waals surface area contributed by atoms with E-state index in [-0.39, 0.29) is 30.2 Å². The van der Waals surface area contributed by atoms with Gasteiger partial charge in [0, 0.05) is 23.4 Å². The van der Waals surface area contributed by atoms with Gasteiger partial charge in [0.1, 0.15) is 40.5 Å². The SMILES string of the molecule is CC(C)(C)c1ccc2c(c1)CN(c1ccc(F)cc1)CO2.Cc1cc(F)c(N2COc3ccc(F)cc3C2)c(F)c1. The first-order valence-electron chi connectivity index (χ1n) is 13.4. The van der Waals surface area contributed by atoms with Crippen molar-refractivity contribution < 1.29 is 27.0 Å². The zero-order valence-electron chi connectivity index (χ0n) is 23.5. The van der Waals surface area contributed by atoms with Crippen LogP contribution in [-0.4, -0.2) is 13.5 Å². The molecule has 4 aromatic rings. The highest BCUT2D eigenvalue weighted by Crippen LogP contribution is 2.34. The minimum absolute atomic E-state index is 0.0233. The van der Waals surface area contributed by atoms with Gasteiger partial charge < -0.3 is 19.3 Å². The molecular weight excluding hydrogens is 532 g/mol. The van der Waals surface area contributed by atoms with Gasteiger partial charge in [0.25, 0.3) is 0 Å². The molecule has 0 amide bonds. The molecule has 2 aliphatic rings. The third-order valence-corrected chi connectivity index (χ3v) is 7.09. The van der Waals surface area contributed by atoms with E-state index in [1.165, 1.54) is 58.5 Å². The van der Waals surface area contributed by atoms with Crippen LogP contribution in [0.5, 0.6) is 11.5 Å². The Morgan fingerprint density at radius 1 is 0.634 bits per heavy atom. The number of anilines is 2. The summed E-state index contributed by atoms with van der Waals surface area (Å²) in [6, 6.07) is 19.6. The van der Waals surface area contributed by atoms with Crippen LogP contribution in [0.4, 0.5) is 28.9 Å². The minimum Gasteiger partial charge on any atom is -0.473 e. The zero-order chi connectivity index (χ0) is 29.3. The van der Waals surface area contributed by atoms with Gasteiger partial charge in [-0.25, -0.2) is 17.6 Å². The molecule has 0 saturated carbocycles. The van der Waals surface area contributed by atoms with Gasteiger partial charge in [-0.3, -0.25) is 0 Å². The zero-order valence-corrected chi connectivity index (χ0v) is 23.5. The molecule has 0 atom stereocenters. The summed E-state index contributed by atoms with van der Waals surface area (Å²) in [5.41, 5.74) is 4.49. The third-order valence-electron chi connectivity index (χ3n) is 7.09. The molecule has 0 aromatic heterocycles. The van der Waals surface area contributed by atoms with Crippen LogP contribution in [0, 0.1) is 30.2 Å². The molecule has 0 unspecified atom stereocenters. The first kappa shape index (κ1) is 28.3. The average Bonchev–Trinajstić information content (AvgIpc) is 2.92. The summed E-state index contributed by atoms with van der Waals surface area (Å²) in [5, 5.41) is 0. The van der Waals surface area contributed by atoms with Crippen LogP contribution in [0.15, 0.2) is 72.8 Å². The van der Waals surface area contributed by atoms with Crippen molar-refractivity contribution in [2.24, 2.45) is 0 Å². The molecule has 41 heavy (non-hydrogen) atoms. The predicted octanol–water partition coefficient (Wildman–Crippen LogP) is 8.25. The molecule has 0 fully saturated rings. The van der Waals surface area contributed by atoms with Crippen LogP contribution in [0.3, 0.4) is 0 Å². The second-order valence-corrected chi connectivity index (χ2v) is 11.3. The van der Waals surface area contributed by atoms with E-state index < -0.39 is 17.5 Å². The average molecular weight is 565 g/mol. The molecule has 0 spiro atoms. The second kappa shape index (κ2) is 11.4. The topological polar surface area (TPSA) is 24.9 Å². The van der Waals surface area contributed by atoms with Gasteiger partial charge in [-0.05, 0) is 90.2 Å². The van der Waals surface area contributed by atoms with Crippen molar-refractivity contribution in [2.45, 2.75) is 46.2 Å². The number of rotatable bonds is 2. The molecule has 0 saturated heterocycles. The van der Waals surface area contributed by atoms with Gasteiger partial charge in [0.15, 0.2) is 13.5 Å². The summed E-state index contributed by atoms with van der Waals surface area (Å²) in [6.45, 7) is 9.73. The lowest BCUT2D eigenvalue weighted by atomic mass is 9.86. The molecule has 6 rings (SSSR count). The third kappa shape index (κ3) is 6.42. The first-order valence-corrected chi connectivity index (χ1v) is 13.4. The first-order chi connectivity index (χ1) is 19.5. The Kier molecular flexibility index (Phi) is 7.84. The van der Waals surface area contributed by atoms with Gasteiger partial charge in [0.2, 0.25) is 0 Å². The van der Waals surface area contributed by atoms with Crippen molar-refractivity contribution in [3.05, 3.63) is 118 Å². The highest BCUT2D eigenvalue weighted by Gasteiger charge is 2.24. The van der Waals surface area contributed by atoms with Crippen LogP contribution in [0.2, 0.25) is 0 Å². The quantitative estimate of drug-likeness (QED) is 0.229. The Balaban J connectivity index is 0.000000165. The molecular formula is C33H32F4N2O2. The summed E-state index contributed by atoms with van der Waals surface area (Å²) >= 11 is 0. The van der Waals surface area contributed by atoms with Crippen LogP contribution >= 0.6 is 0 Å². The van der Waals surface area contributed by atoms with Gasteiger partial charge >= 0.3 is 0 Å². The smallest absolute Gasteiger partial charge is 0.161 e. The van der Waals surface area contributed by atoms with Crippen molar-refractivity contribution in [3.8, 4) is 11.5 Å². The molecule has 0 radical (unpaired) electrons. The van der Waals surface area contributed by atoms with Crippen molar-refractivity contribution in [1.82, 2.24) is 0 Å². The Bertz CT molecular complexity index is 1530. The lowest BCUT2D eigenvalue weighted by molar-refractivity contribution is 0.285. The van der Waals surface area contributed by atoms with Crippen molar-refractivity contribution >= 4 is 11.4 Å². The van der Waals surface area contributed by atoms with Crippen molar-refractivity contribution in [1.29, 1.82) is 0 Å². The van der Waals surface area contributed by atoms with E-state index in [2.05, 4.69) is 43.9 Å². The Labute approximate surface area is 237 Å². The highest BCUT2D eigenvalue weighted by atomic mass is 19.1. The number of fused-ring (bicyclic) bond motifs is 2. The standard InChI is InChI=1S/C18H20FNO.C15H12F3NO/c1-18(2,3)14-4-9-17-13(10-14)11-20(12-21-17)16-7-5-15(19)6-8-16;1-9-4-12(17)15(13(18)5-9)19-7-10-6-11(16)2-3-14(10)20-8-19/h4-10H,11-12H2,1-3H3;2-6H,7-8H2,1H3. The number of ether oxygens (including phenoxy) is 2. The molecule has 2 heterocycles. The van der Waals surface area contributed by atoms with Crippen LogP contribution < -0.4 is 19.3 Å². The maximum absolute atomic E-state index is 13.9. The van der Waals surface area contributed by atoms with E-state index in [1.54, 1.807) is 19.1 Å². The maximum atomic E-state index is 13.9. The molecule has 4 aromatic carbocycles. The number of benzene rings is 4. The summed E-state index contributed by atoms with van der Waals surface area (Å²) in [6.07, 6.45) is 0. The van der Waals surface area contributed by atoms with E-state index in [1.807, 2.05) is 0 Å². The monoisotopic (exact) mass is 564 g/mol. The van der Waals surface area contributed by atoms with Gasteiger partial charge in [-0.2, -0.15) is 0 Å². The molecule has 0 aliphatic carbocycles. The second-order valence-electron chi connectivity index (χ2n) is 11.3. The Hall–Kier alpha value is -4.20. The lowest BCUT2D eigenvalue weighted by Crippen LogP contribution is -2.33. The van der Waals surface area contributed by atoms with Crippen LogP contribution in [-0.2, 0) is 18.5 Å². The van der Waals surface area contributed by atoms with Gasteiger partial charge in [0.05, 0.1) is 6.54 Å². The van der Waals surface area contributed by atoms with E-state index in [4.69, 9.17) is 9.47 Å². The van der Waals surface area contributed by atoms with E-state index >= 15 is 0 Å². The number of halogens is 4. The van der Waals surface area contributed by atoms with E-state index in [9.17, 15) is 17.6 Å². The van der Waals surface area contributed by atoms with Crippen molar-refractivity contribution in [2.75, 3.05) is 23.3 Å². The molecule has 4 nitrogen and oxygen atoms in total. The van der Waals surface area contributed by atoms with E-state index in [0.717, 1.165) is 18.0 Å².